The maximum Gasteiger partial charge on any atom is 0.331 e. The molecule has 0 aliphatic rings. The van der Waals surface area contributed by atoms with Crippen LogP contribution in [-0.2, 0) is 30.2 Å². The van der Waals surface area contributed by atoms with Crippen LogP contribution in [0.25, 0.3) is 12.2 Å². The van der Waals surface area contributed by atoms with E-state index in [-0.39, 0.29) is 49.8 Å². The lowest BCUT2D eigenvalue weighted by Gasteiger charge is -2.36. The number of hydrogen-bond acceptors (Lipinski definition) is 11. The van der Waals surface area contributed by atoms with Crippen molar-refractivity contribution in [3.63, 3.8) is 0 Å². The Morgan fingerprint density at radius 2 is 1.40 bits per heavy atom. The lowest BCUT2D eigenvalue weighted by molar-refractivity contribution is -0.136. The third kappa shape index (κ3) is 13.2. The van der Waals surface area contributed by atoms with Crippen molar-refractivity contribution in [1.29, 1.82) is 0 Å². The van der Waals surface area contributed by atoms with Gasteiger partial charge in [0.05, 0.1) is 5.56 Å². The third-order valence-electron chi connectivity index (χ3n) is 8.48. The summed E-state index contributed by atoms with van der Waals surface area (Å²) in [4.78, 5) is 25.8. The first kappa shape index (κ1) is 42.5. The number of carbonyl (C=O) groups is 2. The first-order chi connectivity index (χ1) is 25.2. The Labute approximate surface area is 313 Å². The Balaban J connectivity index is 1.69. The number of ether oxygens (including phenoxy) is 7. The number of methoxy groups -OCH3 is 3. The third-order valence-corrected chi connectivity index (χ3v) is 12.8. The molecule has 12 heteroatoms. The fraction of sp³-hybridized carbons (Fsp3) is 0.366. The molecule has 11 nitrogen and oxygen atoms in total. The van der Waals surface area contributed by atoms with Gasteiger partial charge in [0.25, 0.3) is 0 Å². The van der Waals surface area contributed by atoms with Crippen LogP contribution in [-0.4, -0.2) is 73.5 Å². The van der Waals surface area contributed by atoms with Gasteiger partial charge in [-0.2, -0.15) is 0 Å². The van der Waals surface area contributed by atoms with Crippen LogP contribution >= 0.6 is 0 Å². The van der Waals surface area contributed by atoms with Crippen molar-refractivity contribution in [2.45, 2.75) is 52.2 Å². The minimum absolute atomic E-state index is 0.0129. The van der Waals surface area contributed by atoms with Crippen LogP contribution in [0.15, 0.2) is 78.4 Å². The molecule has 0 aliphatic heterocycles. The molecule has 0 atom stereocenters. The van der Waals surface area contributed by atoms with Crippen LogP contribution in [0.5, 0.6) is 28.7 Å². The second kappa shape index (κ2) is 20.4. The topological polar surface area (TPSA) is 128 Å². The smallest absolute Gasteiger partial charge is 0.331 e. The van der Waals surface area contributed by atoms with Crippen molar-refractivity contribution in [3.8, 4) is 28.7 Å². The summed E-state index contributed by atoms with van der Waals surface area (Å²) in [6, 6.07) is 15.8. The lowest BCUT2D eigenvalue weighted by Crippen LogP contribution is -2.43. The Hall–Kier alpha value is -4.88. The molecule has 0 aromatic heterocycles. The van der Waals surface area contributed by atoms with Crippen molar-refractivity contribution in [2.24, 2.45) is 0 Å². The summed E-state index contributed by atoms with van der Waals surface area (Å²) in [7, 11) is 2.55. The van der Waals surface area contributed by atoms with Crippen molar-refractivity contribution in [3.05, 3.63) is 101 Å². The van der Waals surface area contributed by atoms with Gasteiger partial charge < -0.3 is 42.7 Å². The molecule has 0 saturated heterocycles. The maximum absolute atomic E-state index is 13.3. The van der Waals surface area contributed by atoms with E-state index in [1.807, 2.05) is 24.3 Å². The molecule has 53 heavy (non-hydrogen) atoms. The van der Waals surface area contributed by atoms with Gasteiger partial charge in [-0.1, -0.05) is 39.0 Å². The summed E-state index contributed by atoms with van der Waals surface area (Å²) in [6.07, 6.45) is 7.96. The fourth-order valence-electron chi connectivity index (χ4n) is 4.47. The molecule has 286 valence electrons. The molecule has 3 rings (SSSR count). The number of allylic oxidation sites excluding steroid dienone is 2. The quantitative estimate of drug-likeness (QED) is 0.0299. The highest BCUT2D eigenvalue weighted by Gasteiger charge is 2.38. The van der Waals surface area contributed by atoms with Gasteiger partial charge >= 0.3 is 5.97 Å². The van der Waals surface area contributed by atoms with Gasteiger partial charge in [-0.05, 0) is 97.2 Å². The van der Waals surface area contributed by atoms with Crippen LogP contribution in [0, 0.1) is 0 Å². The largest absolute Gasteiger partial charge is 0.544 e. The molecule has 1 N–H and O–H groups in total. The molecule has 0 saturated carbocycles. The zero-order valence-corrected chi connectivity index (χ0v) is 33.1. The van der Waals surface area contributed by atoms with Gasteiger partial charge in [-0.25, -0.2) is 4.79 Å². The van der Waals surface area contributed by atoms with E-state index in [9.17, 15) is 14.7 Å². The monoisotopic (exact) mass is 748 g/mol. The first-order valence-electron chi connectivity index (χ1n) is 17.0. The van der Waals surface area contributed by atoms with E-state index in [0.717, 1.165) is 16.9 Å². The molecule has 0 spiro atoms. The van der Waals surface area contributed by atoms with Gasteiger partial charge in [0.2, 0.25) is 8.32 Å². The van der Waals surface area contributed by atoms with E-state index in [2.05, 4.69) is 33.9 Å². The predicted octanol–water partition coefficient (Wildman–Crippen LogP) is 8.37. The predicted molar refractivity (Wildman–Crippen MR) is 207 cm³/mol. The number of phenolic OH excluding ortho intramolecular Hbond substituents is 1. The summed E-state index contributed by atoms with van der Waals surface area (Å²) in [6.45, 7) is 12.8. The zero-order chi connectivity index (χ0) is 39.0. The standard InChI is InChI=1S/C41H52O11Si/c1-29(25-48-39(43)23-13-30-11-16-32(17-12-30)52-53(8,9)41(2,3)4)10-19-35-37(50-27-46-6)22-20-34(40(35)44)36(42)21-15-31-14-18-33(49-26-45-5)24-38(31)51-28-47-7/h10-18,20-24,44H,19,25-28H2,1-9H3/b21-15+,23-13+,29-10+. The molecular formula is C41H52O11Si. The molecular weight excluding hydrogens is 697 g/mol. The zero-order valence-electron chi connectivity index (χ0n) is 32.1. The van der Waals surface area contributed by atoms with Gasteiger partial charge in [0.1, 0.15) is 35.4 Å². The van der Waals surface area contributed by atoms with Gasteiger partial charge in [0.15, 0.2) is 26.2 Å². The fourth-order valence-corrected chi connectivity index (χ4v) is 5.50. The lowest BCUT2D eigenvalue weighted by atomic mass is 10.00. The van der Waals surface area contributed by atoms with Crippen molar-refractivity contribution in [2.75, 3.05) is 48.3 Å². The molecule has 0 heterocycles. The van der Waals surface area contributed by atoms with Crippen LogP contribution in [0.4, 0.5) is 0 Å². The number of carbonyl (C=O) groups excluding carboxylic acids is 2. The van der Waals surface area contributed by atoms with Crippen LogP contribution in [0.2, 0.25) is 18.1 Å². The number of esters is 1. The van der Waals surface area contributed by atoms with E-state index in [1.54, 1.807) is 49.4 Å². The number of aromatic hydroxyl groups is 1. The normalized spacial score (nSPS) is 12.3. The van der Waals surface area contributed by atoms with Gasteiger partial charge in [-0.15, -0.1) is 0 Å². The number of phenols is 1. The molecule has 0 radical (unpaired) electrons. The first-order valence-corrected chi connectivity index (χ1v) is 20.0. The second-order valence-electron chi connectivity index (χ2n) is 13.6. The maximum atomic E-state index is 13.3. The Bertz CT molecular complexity index is 1750. The van der Waals surface area contributed by atoms with E-state index < -0.39 is 20.1 Å². The molecule has 0 fully saturated rings. The average molecular weight is 749 g/mol. The Morgan fingerprint density at radius 3 is 2.04 bits per heavy atom. The molecule has 0 bridgehead atoms. The molecule has 3 aromatic rings. The summed E-state index contributed by atoms with van der Waals surface area (Å²) in [5, 5.41) is 11.4. The summed E-state index contributed by atoms with van der Waals surface area (Å²) in [5.41, 5.74) is 2.60. The number of ketones is 1. The van der Waals surface area contributed by atoms with Gasteiger partial charge in [0, 0.05) is 44.6 Å². The molecule has 0 amide bonds. The van der Waals surface area contributed by atoms with E-state index in [4.69, 9.17) is 37.6 Å². The number of rotatable bonds is 20. The Kier molecular flexibility index (Phi) is 16.4. The summed E-state index contributed by atoms with van der Waals surface area (Å²) in [5.74, 6) is 0.907. The van der Waals surface area contributed by atoms with E-state index in [0.29, 0.717) is 28.4 Å². The van der Waals surface area contributed by atoms with Gasteiger partial charge in [-0.3, -0.25) is 4.79 Å². The second-order valence-corrected chi connectivity index (χ2v) is 18.3. The molecule has 0 unspecified atom stereocenters. The minimum atomic E-state index is -1.95. The van der Waals surface area contributed by atoms with E-state index >= 15 is 0 Å². The van der Waals surface area contributed by atoms with E-state index in [1.165, 1.54) is 39.5 Å². The summed E-state index contributed by atoms with van der Waals surface area (Å²) < 4.78 is 43.6. The number of hydrogen-bond donors (Lipinski definition) is 1. The minimum Gasteiger partial charge on any atom is -0.544 e. The highest BCUT2D eigenvalue weighted by molar-refractivity contribution is 6.74. The van der Waals surface area contributed by atoms with Crippen molar-refractivity contribution < 1.29 is 52.3 Å². The number of benzene rings is 3. The highest BCUT2D eigenvalue weighted by atomic mass is 28.4. The van der Waals surface area contributed by atoms with Crippen LogP contribution in [0.3, 0.4) is 0 Å². The van der Waals surface area contributed by atoms with Crippen LogP contribution < -0.4 is 18.6 Å². The molecule has 3 aromatic carbocycles. The summed E-state index contributed by atoms with van der Waals surface area (Å²) >= 11 is 0. The molecule has 0 aliphatic carbocycles. The Morgan fingerprint density at radius 1 is 0.774 bits per heavy atom. The van der Waals surface area contributed by atoms with Crippen molar-refractivity contribution in [1.82, 2.24) is 0 Å². The highest BCUT2D eigenvalue weighted by Crippen LogP contribution is 2.37. The SMILES string of the molecule is COCOc1ccc(/C=C/C(=O)c2ccc(OCOC)c(C/C=C(\C)COC(=O)/C=C/c3ccc(O[Si](C)(C)C(C)(C)C)cc3)c2O)c(OCOC)c1. The van der Waals surface area contributed by atoms with Crippen LogP contribution in [0.1, 0.15) is 54.7 Å². The average Bonchev–Trinajstić information content (AvgIpc) is 3.12. The van der Waals surface area contributed by atoms with Crippen molar-refractivity contribution >= 4 is 32.2 Å².